The average Bonchev–Trinajstić information content (AvgIpc) is 2.89. The van der Waals surface area contributed by atoms with Crippen molar-refractivity contribution in [3.63, 3.8) is 0 Å². The number of hydrogen-bond donors (Lipinski definition) is 2. The molecule has 0 saturated heterocycles. The van der Waals surface area contributed by atoms with Crippen molar-refractivity contribution in [2.24, 2.45) is 0 Å². The molecule has 2 N–H and O–H groups in total. The standard InChI is InChI=1S/C30H27NO5/c1-21-17-26(15-16-28(21)35-20-29(32)33)36-25-14-8-13-24(18-25)30(34)31-19-27(22-9-4-2-5-10-22)23-11-6-3-7-12-23/h2-18,27H,19-20H2,1H3,(H,31,34)(H,32,33). The number of carbonyl (C=O) groups excluding carboxylic acids is 1. The molecular formula is C30H27NO5. The highest BCUT2D eigenvalue weighted by Crippen LogP contribution is 2.28. The van der Waals surface area contributed by atoms with Gasteiger partial charge in [0.1, 0.15) is 17.2 Å². The lowest BCUT2D eigenvalue weighted by Gasteiger charge is -2.19. The summed E-state index contributed by atoms with van der Waals surface area (Å²) in [6.07, 6.45) is 0. The van der Waals surface area contributed by atoms with Crippen LogP contribution in [0.1, 0.15) is 33.0 Å². The lowest BCUT2D eigenvalue weighted by Crippen LogP contribution is -2.28. The quantitative estimate of drug-likeness (QED) is 0.298. The maximum absolute atomic E-state index is 13.0. The van der Waals surface area contributed by atoms with Gasteiger partial charge in [-0.1, -0.05) is 66.7 Å². The molecule has 0 unspecified atom stereocenters. The second-order valence-corrected chi connectivity index (χ2v) is 8.32. The number of hydrogen-bond acceptors (Lipinski definition) is 4. The molecule has 0 aliphatic carbocycles. The Morgan fingerprint density at radius 1 is 0.806 bits per heavy atom. The highest BCUT2D eigenvalue weighted by Gasteiger charge is 2.16. The van der Waals surface area contributed by atoms with Gasteiger partial charge in [-0.3, -0.25) is 4.79 Å². The van der Waals surface area contributed by atoms with Gasteiger partial charge in [-0.25, -0.2) is 4.79 Å². The largest absolute Gasteiger partial charge is 0.482 e. The van der Waals surface area contributed by atoms with Gasteiger partial charge >= 0.3 is 5.97 Å². The molecule has 4 rings (SSSR count). The summed E-state index contributed by atoms with van der Waals surface area (Å²) in [4.78, 5) is 23.7. The topological polar surface area (TPSA) is 84.9 Å². The van der Waals surface area contributed by atoms with Crippen molar-refractivity contribution in [2.75, 3.05) is 13.2 Å². The van der Waals surface area contributed by atoms with E-state index in [1.54, 1.807) is 42.5 Å². The Morgan fingerprint density at radius 2 is 1.44 bits per heavy atom. The van der Waals surface area contributed by atoms with Crippen molar-refractivity contribution in [3.8, 4) is 17.2 Å². The fourth-order valence-corrected chi connectivity index (χ4v) is 3.92. The van der Waals surface area contributed by atoms with Crippen LogP contribution < -0.4 is 14.8 Å². The van der Waals surface area contributed by atoms with Crippen LogP contribution in [0.15, 0.2) is 103 Å². The van der Waals surface area contributed by atoms with Crippen LogP contribution in [0.25, 0.3) is 0 Å². The molecule has 0 aliphatic heterocycles. The van der Waals surface area contributed by atoms with Gasteiger partial charge in [0.05, 0.1) is 0 Å². The molecule has 0 spiro atoms. The number of carboxylic acid groups (broad SMARTS) is 1. The highest BCUT2D eigenvalue weighted by molar-refractivity contribution is 5.94. The number of aliphatic carboxylic acids is 1. The second-order valence-electron chi connectivity index (χ2n) is 8.32. The van der Waals surface area contributed by atoms with E-state index in [0.29, 0.717) is 29.4 Å². The van der Waals surface area contributed by atoms with Gasteiger partial charge in [0.15, 0.2) is 6.61 Å². The Bertz CT molecular complexity index is 1280. The maximum atomic E-state index is 13.0. The number of ether oxygens (including phenoxy) is 2. The molecular weight excluding hydrogens is 454 g/mol. The number of rotatable bonds is 10. The molecule has 4 aromatic carbocycles. The summed E-state index contributed by atoms with van der Waals surface area (Å²) in [5.74, 6) is 0.351. The third-order valence-corrected chi connectivity index (χ3v) is 5.70. The molecule has 0 bridgehead atoms. The predicted octanol–water partition coefficient (Wildman–Crippen LogP) is 5.81. The number of carboxylic acids is 1. The SMILES string of the molecule is Cc1cc(Oc2cccc(C(=O)NCC(c3ccccc3)c3ccccc3)c2)ccc1OCC(=O)O. The van der Waals surface area contributed by atoms with E-state index < -0.39 is 12.6 Å². The fraction of sp³-hybridized carbons (Fsp3) is 0.133. The van der Waals surface area contributed by atoms with Crippen molar-refractivity contribution >= 4 is 11.9 Å². The lowest BCUT2D eigenvalue weighted by molar-refractivity contribution is -0.139. The van der Waals surface area contributed by atoms with Crippen LogP contribution >= 0.6 is 0 Å². The average molecular weight is 482 g/mol. The van der Waals surface area contributed by atoms with Crippen molar-refractivity contribution < 1.29 is 24.2 Å². The van der Waals surface area contributed by atoms with Crippen LogP contribution in [0.4, 0.5) is 0 Å². The van der Waals surface area contributed by atoms with E-state index in [-0.39, 0.29) is 11.8 Å². The minimum Gasteiger partial charge on any atom is -0.482 e. The summed E-state index contributed by atoms with van der Waals surface area (Å²) in [5.41, 5.74) is 3.50. The van der Waals surface area contributed by atoms with Gasteiger partial charge in [-0.2, -0.15) is 0 Å². The summed E-state index contributed by atoms with van der Waals surface area (Å²) in [7, 11) is 0. The molecule has 0 radical (unpaired) electrons. The molecule has 6 heteroatoms. The number of nitrogens with one attached hydrogen (secondary N) is 1. The summed E-state index contributed by atoms with van der Waals surface area (Å²) < 4.78 is 11.2. The third-order valence-electron chi connectivity index (χ3n) is 5.70. The zero-order chi connectivity index (χ0) is 25.3. The van der Waals surface area contributed by atoms with E-state index in [2.05, 4.69) is 29.6 Å². The number of aryl methyl sites for hydroxylation is 1. The van der Waals surface area contributed by atoms with Crippen LogP contribution in [0.2, 0.25) is 0 Å². The Labute approximate surface area is 210 Å². The zero-order valence-corrected chi connectivity index (χ0v) is 19.9. The summed E-state index contributed by atoms with van der Waals surface area (Å²) in [6, 6.07) is 32.3. The van der Waals surface area contributed by atoms with Crippen molar-refractivity contribution in [1.29, 1.82) is 0 Å². The van der Waals surface area contributed by atoms with E-state index in [4.69, 9.17) is 14.6 Å². The van der Waals surface area contributed by atoms with Crippen molar-refractivity contribution in [2.45, 2.75) is 12.8 Å². The number of amides is 1. The van der Waals surface area contributed by atoms with Gasteiger partial charge in [0.25, 0.3) is 5.91 Å². The first-order valence-corrected chi connectivity index (χ1v) is 11.6. The van der Waals surface area contributed by atoms with Crippen LogP contribution in [0.5, 0.6) is 17.2 Å². The fourth-order valence-electron chi connectivity index (χ4n) is 3.92. The van der Waals surface area contributed by atoms with Crippen LogP contribution in [-0.2, 0) is 4.79 Å². The predicted molar refractivity (Wildman–Crippen MR) is 138 cm³/mol. The van der Waals surface area contributed by atoms with Gasteiger partial charge < -0.3 is 19.9 Å². The molecule has 6 nitrogen and oxygen atoms in total. The van der Waals surface area contributed by atoms with Crippen molar-refractivity contribution in [1.82, 2.24) is 5.32 Å². The van der Waals surface area contributed by atoms with Crippen molar-refractivity contribution in [3.05, 3.63) is 125 Å². The first-order valence-electron chi connectivity index (χ1n) is 11.6. The smallest absolute Gasteiger partial charge is 0.341 e. The van der Waals surface area contributed by atoms with E-state index in [0.717, 1.165) is 16.7 Å². The van der Waals surface area contributed by atoms with E-state index in [9.17, 15) is 9.59 Å². The third kappa shape index (κ3) is 6.51. The zero-order valence-electron chi connectivity index (χ0n) is 19.9. The minimum absolute atomic E-state index is 0.0284. The first kappa shape index (κ1) is 24.5. The normalized spacial score (nSPS) is 10.6. The second kappa shape index (κ2) is 11.7. The lowest BCUT2D eigenvalue weighted by atomic mass is 9.91. The summed E-state index contributed by atoms with van der Waals surface area (Å²) in [5, 5.41) is 11.9. The molecule has 0 aliphatic rings. The van der Waals surface area contributed by atoms with E-state index >= 15 is 0 Å². The van der Waals surface area contributed by atoms with Gasteiger partial charge in [0, 0.05) is 18.0 Å². The van der Waals surface area contributed by atoms with E-state index in [1.165, 1.54) is 0 Å². The Kier molecular flexibility index (Phi) is 7.98. The molecule has 182 valence electrons. The monoisotopic (exact) mass is 481 g/mol. The summed E-state index contributed by atoms with van der Waals surface area (Å²) >= 11 is 0. The Morgan fingerprint density at radius 3 is 2.06 bits per heavy atom. The molecule has 0 fully saturated rings. The van der Waals surface area contributed by atoms with Crippen LogP contribution in [-0.4, -0.2) is 30.1 Å². The highest BCUT2D eigenvalue weighted by atomic mass is 16.5. The van der Waals surface area contributed by atoms with Crippen LogP contribution in [0.3, 0.4) is 0 Å². The maximum Gasteiger partial charge on any atom is 0.341 e. The molecule has 0 atom stereocenters. The number of benzene rings is 4. The molecule has 4 aromatic rings. The molecule has 0 aromatic heterocycles. The van der Waals surface area contributed by atoms with E-state index in [1.807, 2.05) is 43.3 Å². The summed E-state index contributed by atoms with van der Waals surface area (Å²) in [6.45, 7) is 1.85. The number of carbonyl (C=O) groups is 2. The van der Waals surface area contributed by atoms with Gasteiger partial charge in [-0.15, -0.1) is 0 Å². The molecule has 0 saturated carbocycles. The molecule has 0 heterocycles. The minimum atomic E-state index is -1.04. The van der Waals surface area contributed by atoms with Crippen LogP contribution in [0, 0.1) is 6.92 Å². The Balaban J connectivity index is 1.44. The van der Waals surface area contributed by atoms with Gasteiger partial charge in [-0.05, 0) is 60.0 Å². The Hall–Kier alpha value is -4.58. The molecule has 1 amide bonds. The van der Waals surface area contributed by atoms with Gasteiger partial charge in [0.2, 0.25) is 0 Å². The first-order chi connectivity index (χ1) is 17.5. The molecule has 36 heavy (non-hydrogen) atoms.